The molecule has 1 aromatic carbocycles. The van der Waals surface area contributed by atoms with Gasteiger partial charge in [-0.05, 0) is 56.0 Å². The van der Waals surface area contributed by atoms with Gasteiger partial charge >= 0.3 is 5.97 Å². The standard InChI is InChI=1S/C27H25N9O2/c28-14-17-4-1-5-18(12-17)21-13-22(32-27(31-21)30-19-9-10-19)23-16-35(34-33-23)15-20-6-2-8-25(29-20)36-11-3-7-24(36)26(37)38/h1-2,4-6,8,12-13,16,19,24H,3,7,9-11,15H2,(H,37,38)(H,30,31,32)/t24-/m0/s1. The van der Waals surface area contributed by atoms with Crippen LogP contribution in [0.1, 0.15) is 36.9 Å². The Morgan fingerprint density at radius 2 is 1.89 bits per heavy atom. The third-order valence-electron chi connectivity index (χ3n) is 6.67. The van der Waals surface area contributed by atoms with E-state index in [9.17, 15) is 15.2 Å². The quantitative estimate of drug-likeness (QED) is 0.364. The van der Waals surface area contributed by atoms with Crippen LogP contribution in [0.2, 0.25) is 0 Å². The Kier molecular flexibility index (Phi) is 6.13. The van der Waals surface area contributed by atoms with Crippen LogP contribution in [0.5, 0.6) is 0 Å². The molecule has 0 spiro atoms. The van der Waals surface area contributed by atoms with Crippen molar-refractivity contribution >= 4 is 17.7 Å². The van der Waals surface area contributed by atoms with Crippen LogP contribution in [-0.4, -0.2) is 59.7 Å². The van der Waals surface area contributed by atoms with Gasteiger partial charge in [-0.15, -0.1) is 5.10 Å². The van der Waals surface area contributed by atoms with Crippen molar-refractivity contribution < 1.29 is 9.90 Å². The van der Waals surface area contributed by atoms with Crippen molar-refractivity contribution in [1.82, 2.24) is 29.9 Å². The van der Waals surface area contributed by atoms with Gasteiger partial charge in [-0.25, -0.2) is 24.4 Å². The Morgan fingerprint density at radius 3 is 2.71 bits per heavy atom. The summed E-state index contributed by atoms with van der Waals surface area (Å²) < 4.78 is 1.69. The van der Waals surface area contributed by atoms with E-state index in [2.05, 4.69) is 31.7 Å². The molecule has 6 rings (SSSR count). The predicted octanol–water partition coefficient (Wildman–Crippen LogP) is 3.34. The molecule has 1 aliphatic heterocycles. The van der Waals surface area contributed by atoms with E-state index in [1.54, 1.807) is 16.8 Å². The highest BCUT2D eigenvalue weighted by atomic mass is 16.4. The molecule has 3 aromatic heterocycles. The summed E-state index contributed by atoms with van der Waals surface area (Å²) in [6, 6.07) is 16.8. The number of anilines is 2. The molecule has 1 aliphatic carbocycles. The topological polar surface area (TPSA) is 146 Å². The highest BCUT2D eigenvalue weighted by Gasteiger charge is 2.31. The molecule has 190 valence electrons. The fourth-order valence-electron chi connectivity index (χ4n) is 4.62. The molecule has 2 N–H and O–H groups in total. The molecule has 11 nitrogen and oxygen atoms in total. The molecule has 4 aromatic rings. The first-order valence-corrected chi connectivity index (χ1v) is 12.6. The van der Waals surface area contributed by atoms with Crippen LogP contribution in [-0.2, 0) is 11.3 Å². The maximum absolute atomic E-state index is 11.6. The van der Waals surface area contributed by atoms with Crippen molar-refractivity contribution in [1.29, 1.82) is 5.26 Å². The van der Waals surface area contributed by atoms with Crippen molar-refractivity contribution in [2.45, 2.75) is 44.3 Å². The molecular formula is C27H25N9O2. The van der Waals surface area contributed by atoms with Crippen LogP contribution in [0.4, 0.5) is 11.8 Å². The highest BCUT2D eigenvalue weighted by Crippen LogP contribution is 2.28. The number of benzene rings is 1. The molecular weight excluding hydrogens is 482 g/mol. The maximum atomic E-state index is 11.6. The van der Waals surface area contributed by atoms with Gasteiger partial charge in [-0.3, -0.25) is 0 Å². The lowest BCUT2D eigenvalue weighted by Crippen LogP contribution is -2.36. The Balaban J connectivity index is 1.27. The zero-order chi connectivity index (χ0) is 26.1. The van der Waals surface area contributed by atoms with Gasteiger partial charge in [-0.1, -0.05) is 23.4 Å². The normalized spacial score (nSPS) is 16.8. The lowest BCUT2D eigenvalue weighted by Gasteiger charge is -2.22. The number of nitrogens with zero attached hydrogens (tertiary/aromatic N) is 8. The van der Waals surface area contributed by atoms with Crippen molar-refractivity contribution in [2.75, 3.05) is 16.8 Å². The monoisotopic (exact) mass is 507 g/mol. The molecule has 1 saturated heterocycles. The number of carboxylic acids is 1. The lowest BCUT2D eigenvalue weighted by molar-refractivity contribution is -0.138. The van der Waals surface area contributed by atoms with Crippen LogP contribution in [0, 0.1) is 11.3 Å². The fourth-order valence-corrected chi connectivity index (χ4v) is 4.62. The number of carbonyl (C=O) groups is 1. The summed E-state index contributed by atoms with van der Waals surface area (Å²) in [5.41, 5.74) is 4.03. The Labute approximate surface area is 218 Å². The van der Waals surface area contributed by atoms with E-state index in [1.165, 1.54) is 0 Å². The van der Waals surface area contributed by atoms with Crippen molar-refractivity contribution in [3.8, 4) is 28.7 Å². The van der Waals surface area contributed by atoms with Crippen molar-refractivity contribution in [2.24, 2.45) is 0 Å². The molecule has 1 atom stereocenters. The minimum absolute atomic E-state index is 0.369. The van der Waals surface area contributed by atoms with Crippen molar-refractivity contribution in [3.63, 3.8) is 0 Å². The van der Waals surface area contributed by atoms with Crippen molar-refractivity contribution in [3.05, 3.63) is 66.0 Å². The molecule has 1 saturated carbocycles. The molecule has 0 unspecified atom stereocenters. The third-order valence-corrected chi connectivity index (χ3v) is 6.67. The Hall–Kier alpha value is -4.85. The number of nitriles is 1. The SMILES string of the molecule is N#Cc1cccc(-c2cc(-c3cn(Cc4cccc(N5CCC[C@H]5C(=O)O)n4)nn3)nc(NC3CC3)n2)c1. The number of hydrogen-bond donors (Lipinski definition) is 2. The van der Waals surface area contributed by atoms with Crippen LogP contribution in [0.15, 0.2) is 54.7 Å². The number of carboxylic acid groups (broad SMARTS) is 1. The van der Waals surface area contributed by atoms with Gasteiger partial charge in [0.1, 0.15) is 17.6 Å². The summed E-state index contributed by atoms with van der Waals surface area (Å²) in [7, 11) is 0. The zero-order valence-corrected chi connectivity index (χ0v) is 20.5. The van der Waals surface area contributed by atoms with Crippen LogP contribution in [0.25, 0.3) is 22.6 Å². The van der Waals surface area contributed by atoms with Gasteiger partial charge in [0.05, 0.1) is 41.5 Å². The van der Waals surface area contributed by atoms with Crippen LogP contribution < -0.4 is 10.2 Å². The van der Waals surface area contributed by atoms with E-state index >= 15 is 0 Å². The first-order chi connectivity index (χ1) is 18.6. The van der Waals surface area contributed by atoms with Gasteiger partial charge in [0.2, 0.25) is 5.95 Å². The molecule has 0 amide bonds. The molecule has 2 fully saturated rings. The largest absolute Gasteiger partial charge is 0.480 e. The minimum Gasteiger partial charge on any atom is -0.480 e. The molecule has 11 heteroatoms. The lowest BCUT2D eigenvalue weighted by atomic mass is 10.1. The molecule has 2 aliphatic rings. The number of aliphatic carboxylic acids is 1. The van der Waals surface area contributed by atoms with E-state index in [-0.39, 0.29) is 0 Å². The highest BCUT2D eigenvalue weighted by molar-refractivity contribution is 5.78. The van der Waals surface area contributed by atoms with E-state index in [0.717, 1.165) is 30.5 Å². The average molecular weight is 508 g/mol. The zero-order valence-electron chi connectivity index (χ0n) is 20.5. The number of pyridine rings is 1. The molecule has 38 heavy (non-hydrogen) atoms. The second-order valence-corrected chi connectivity index (χ2v) is 9.55. The predicted molar refractivity (Wildman–Crippen MR) is 139 cm³/mol. The van der Waals surface area contributed by atoms with Crippen LogP contribution >= 0.6 is 0 Å². The van der Waals surface area contributed by atoms with Crippen LogP contribution in [0.3, 0.4) is 0 Å². The summed E-state index contributed by atoms with van der Waals surface area (Å²) >= 11 is 0. The summed E-state index contributed by atoms with van der Waals surface area (Å²) in [6.45, 7) is 1.05. The third kappa shape index (κ3) is 5.01. The number of hydrogen-bond acceptors (Lipinski definition) is 9. The molecule has 0 radical (unpaired) electrons. The van der Waals surface area contributed by atoms with E-state index in [4.69, 9.17) is 4.98 Å². The van der Waals surface area contributed by atoms with Gasteiger partial charge in [-0.2, -0.15) is 5.26 Å². The number of aromatic nitrogens is 6. The van der Waals surface area contributed by atoms with Gasteiger partial charge in [0.25, 0.3) is 0 Å². The molecule has 4 heterocycles. The summed E-state index contributed by atoms with van der Waals surface area (Å²) in [6.07, 6.45) is 5.42. The summed E-state index contributed by atoms with van der Waals surface area (Å²) in [5.74, 6) is 0.350. The fraction of sp³-hybridized carbons (Fsp3) is 0.296. The number of rotatable bonds is 8. The van der Waals surface area contributed by atoms with Gasteiger partial charge < -0.3 is 15.3 Å². The number of nitrogens with one attached hydrogen (secondary N) is 1. The van der Waals surface area contributed by atoms with E-state index < -0.39 is 12.0 Å². The summed E-state index contributed by atoms with van der Waals surface area (Å²) in [4.78, 5) is 27.5. The smallest absolute Gasteiger partial charge is 0.326 e. The van der Waals surface area contributed by atoms with Gasteiger partial charge in [0.15, 0.2) is 0 Å². The van der Waals surface area contributed by atoms with Gasteiger partial charge in [0, 0.05) is 18.2 Å². The second-order valence-electron chi connectivity index (χ2n) is 9.55. The first-order valence-electron chi connectivity index (χ1n) is 12.6. The maximum Gasteiger partial charge on any atom is 0.326 e. The average Bonchev–Trinajstić information content (AvgIpc) is 3.39. The summed E-state index contributed by atoms with van der Waals surface area (Å²) in [5, 5.41) is 30.8. The second kappa shape index (κ2) is 9.89. The first kappa shape index (κ1) is 23.5. The Morgan fingerprint density at radius 1 is 1.05 bits per heavy atom. The minimum atomic E-state index is -0.824. The van der Waals surface area contributed by atoms with E-state index in [1.807, 2.05) is 47.5 Å². The van der Waals surface area contributed by atoms with E-state index in [0.29, 0.717) is 60.0 Å². The Bertz CT molecular complexity index is 1540. The molecule has 0 bridgehead atoms.